The molecule has 1 N–H and O–H groups in total. The van der Waals surface area contributed by atoms with Gasteiger partial charge in [-0.25, -0.2) is 8.78 Å². The van der Waals surface area contributed by atoms with E-state index in [-0.39, 0.29) is 25.9 Å². The van der Waals surface area contributed by atoms with E-state index in [0.717, 1.165) is 0 Å². The molecule has 1 fully saturated rings. The van der Waals surface area contributed by atoms with Crippen LogP contribution in [0.1, 0.15) is 25.7 Å². The van der Waals surface area contributed by atoms with Crippen molar-refractivity contribution in [1.82, 2.24) is 0 Å². The first kappa shape index (κ1) is 9.58. The highest BCUT2D eigenvalue weighted by Gasteiger charge is 2.48. The van der Waals surface area contributed by atoms with Gasteiger partial charge in [-0.05, 0) is 12.8 Å². The van der Waals surface area contributed by atoms with Crippen LogP contribution in [0.3, 0.4) is 0 Å². The molecule has 0 saturated heterocycles. The first-order valence-electron chi connectivity index (χ1n) is 3.99. The molecule has 12 heavy (non-hydrogen) atoms. The summed E-state index contributed by atoms with van der Waals surface area (Å²) in [6.07, 6.45) is 0.302. The molecule has 0 radical (unpaired) electrons. The number of aliphatic hydroxyl groups excluding tert-OH is 1. The number of carbonyl (C=O) groups is 1. The van der Waals surface area contributed by atoms with Gasteiger partial charge < -0.3 is 9.90 Å². The largest absolute Gasteiger partial charge is 0.396 e. The number of halogens is 2. The molecular formula is C8H12F2O2. The molecule has 0 heterocycles. The second-order valence-electron chi connectivity index (χ2n) is 3.49. The number of rotatable bonds is 3. The zero-order valence-corrected chi connectivity index (χ0v) is 6.72. The Morgan fingerprint density at radius 1 is 1.42 bits per heavy atom. The average molecular weight is 178 g/mol. The first-order valence-corrected chi connectivity index (χ1v) is 3.99. The maximum Gasteiger partial charge on any atom is 0.249 e. The van der Waals surface area contributed by atoms with Gasteiger partial charge in [-0.15, -0.1) is 0 Å². The van der Waals surface area contributed by atoms with Gasteiger partial charge in [0.2, 0.25) is 5.92 Å². The monoisotopic (exact) mass is 178 g/mol. The predicted molar refractivity (Wildman–Crippen MR) is 39.0 cm³/mol. The number of hydrogen-bond acceptors (Lipinski definition) is 2. The number of alkyl halides is 2. The van der Waals surface area contributed by atoms with Gasteiger partial charge in [0.15, 0.2) is 0 Å². The fourth-order valence-electron chi connectivity index (χ4n) is 1.72. The van der Waals surface area contributed by atoms with Crippen molar-refractivity contribution in [2.24, 2.45) is 5.41 Å². The third kappa shape index (κ3) is 1.80. The minimum Gasteiger partial charge on any atom is -0.396 e. The lowest BCUT2D eigenvalue weighted by molar-refractivity contribution is -0.118. The lowest BCUT2D eigenvalue weighted by Gasteiger charge is -2.20. The summed E-state index contributed by atoms with van der Waals surface area (Å²) in [5.74, 6) is -2.71. The van der Waals surface area contributed by atoms with Crippen molar-refractivity contribution >= 4 is 6.29 Å². The Bertz CT molecular complexity index is 182. The standard InChI is InChI=1S/C8H12F2O2/c9-8(10)2-1-7(5-8,6-12)3-4-11/h6,11H,1-5H2. The molecule has 0 aliphatic heterocycles. The average Bonchev–Trinajstić information content (AvgIpc) is 2.29. The van der Waals surface area contributed by atoms with E-state index >= 15 is 0 Å². The van der Waals surface area contributed by atoms with Crippen molar-refractivity contribution in [3.05, 3.63) is 0 Å². The first-order chi connectivity index (χ1) is 5.54. The van der Waals surface area contributed by atoms with E-state index in [9.17, 15) is 13.6 Å². The van der Waals surface area contributed by atoms with Crippen molar-refractivity contribution in [2.45, 2.75) is 31.6 Å². The molecule has 1 rings (SSSR count). The number of aldehydes is 1. The van der Waals surface area contributed by atoms with Crippen LogP contribution >= 0.6 is 0 Å². The molecule has 1 atom stereocenters. The maximum atomic E-state index is 12.7. The number of carbonyl (C=O) groups excluding carboxylic acids is 1. The lowest BCUT2D eigenvalue weighted by atomic mass is 9.85. The predicted octanol–water partition coefficient (Wildman–Crippen LogP) is 1.37. The molecule has 70 valence electrons. The van der Waals surface area contributed by atoms with Gasteiger partial charge in [-0.2, -0.15) is 0 Å². The van der Waals surface area contributed by atoms with Crippen molar-refractivity contribution in [1.29, 1.82) is 0 Å². The van der Waals surface area contributed by atoms with Gasteiger partial charge in [0, 0.05) is 24.9 Å². The number of hydrogen-bond donors (Lipinski definition) is 1. The Labute approximate surface area is 69.6 Å². The van der Waals surface area contributed by atoms with Gasteiger partial charge in [0.1, 0.15) is 6.29 Å². The Balaban J connectivity index is 2.65. The van der Waals surface area contributed by atoms with Crippen LogP contribution in [0.15, 0.2) is 0 Å². The molecule has 0 amide bonds. The summed E-state index contributed by atoms with van der Waals surface area (Å²) in [4.78, 5) is 10.6. The zero-order chi connectivity index (χ0) is 9.24. The SMILES string of the molecule is O=CC1(CCO)CCC(F)(F)C1. The van der Waals surface area contributed by atoms with Crippen molar-refractivity contribution in [2.75, 3.05) is 6.61 Å². The normalized spacial score (nSPS) is 33.6. The van der Waals surface area contributed by atoms with Gasteiger partial charge in [-0.1, -0.05) is 0 Å². The molecule has 4 heteroatoms. The molecule has 0 aromatic carbocycles. The van der Waals surface area contributed by atoms with Crippen molar-refractivity contribution in [3.8, 4) is 0 Å². The van der Waals surface area contributed by atoms with E-state index in [1.807, 2.05) is 0 Å². The van der Waals surface area contributed by atoms with E-state index in [0.29, 0.717) is 6.29 Å². The molecule has 0 bridgehead atoms. The summed E-state index contributed by atoms with van der Waals surface area (Å²) in [6, 6.07) is 0. The van der Waals surface area contributed by atoms with Crippen LogP contribution in [0.2, 0.25) is 0 Å². The minimum absolute atomic E-state index is 0.159. The summed E-state index contributed by atoms with van der Waals surface area (Å²) < 4.78 is 25.4. The van der Waals surface area contributed by atoms with E-state index in [4.69, 9.17) is 5.11 Å². The topological polar surface area (TPSA) is 37.3 Å². The van der Waals surface area contributed by atoms with Gasteiger partial charge in [-0.3, -0.25) is 0 Å². The van der Waals surface area contributed by atoms with E-state index < -0.39 is 17.8 Å². The van der Waals surface area contributed by atoms with Gasteiger partial charge in [0.05, 0.1) is 0 Å². The van der Waals surface area contributed by atoms with Crippen LogP contribution in [0.25, 0.3) is 0 Å². The smallest absolute Gasteiger partial charge is 0.249 e. The van der Waals surface area contributed by atoms with Gasteiger partial charge >= 0.3 is 0 Å². The molecule has 2 nitrogen and oxygen atoms in total. The van der Waals surface area contributed by atoms with E-state index in [1.165, 1.54) is 0 Å². The zero-order valence-electron chi connectivity index (χ0n) is 6.72. The van der Waals surface area contributed by atoms with Crippen molar-refractivity contribution in [3.63, 3.8) is 0 Å². The Hall–Kier alpha value is -0.510. The molecule has 1 saturated carbocycles. The maximum absolute atomic E-state index is 12.7. The highest BCUT2D eigenvalue weighted by atomic mass is 19.3. The van der Waals surface area contributed by atoms with Crippen molar-refractivity contribution < 1.29 is 18.7 Å². The highest BCUT2D eigenvalue weighted by molar-refractivity contribution is 5.60. The van der Waals surface area contributed by atoms with Crippen LogP contribution in [0.5, 0.6) is 0 Å². The third-order valence-electron chi connectivity index (χ3n) is 2.46. The second-order valence-corrected chi connectivity index (χ2v) is 3.49. The summed E-state index contributed by atoms with van der Waals surface area (Å²) in [5, 5.41) is 8.59. The van der Waals surface area contributed by atoms with Crippen LogP contribution in [0, 0.1) is 5.41 Å². The molecular weight excluding hydrogens is 166 g/mol. The summed E-state index contributed by atoms with van der Waals surface area (Å²) >= 11 is 0. The lowest BCUT2D eigenvalue weighted by Crippen LogP contribution is -2.23. The van der Waals surface area contributed by atoms with E-state index in [2.05, 4.69) is 0 Å². The van der Waals surface area contributed by atoms with Crippen LogP contribution in [-0.4, -0.2) is 23.9 Å². The Morgan fingerprint density at radius 2 is 2.08 bits per heavy atom. The Morgan fingerprint density at radius 3 is 2.42 bits per heavy atom. The molecule has 0 aromatic heterocycles. The Kier molecular flexibility index (Phi) is 2.46. The molecule has 1 unspecified atom stereocenters. The fraction of sp³-hybridized carbons (Fsp3) is 0.875. The molecule has 1 aliphatic rings. The molecule has 1 aliphatic carbocycles. The van der Waals surface area contributed by atoms with Crippen LogP contribution in [-0.2, 0) is 4.79 Å². The van der Waals surface area contributed by atoms with E-state index in [1.54, 1.807) is 0 Å². The van der Waals surface area contributed by atoms with Crippen LogP contribution in [0.4, 0.5) is 8.78 Å². The quantitative estimate of drug-likeness (QED) is 0.663. The highest BCUT2D eigenvalue weighted by Crippen LogP contribution is 2.47. The summed E-state index contributed by atoms with van der Waals surface area (Å²) in [5.41, 5.74) is -0.960. The number of aliphatic hydroxyl groups is 1. The summed E-state index contributed by atoms with van der Waals surface area (Å²) in [6.45, 7) is -0.200. The fourth-order valence-corrected chi connectivity index (χ4v) is 1.72. The molecule has 0 spiro atoms. The minimum atomic E-state index is -2.71. The molecule has 0 aromatic rings. The van der Waals surface area contributed by atoms with Gasteiger partial charge in [0.25, 0.3) is 0 Å². The second kappa shape index (κ2) is 3.09. The summed E-state index contributed by atoms with van der Waals surface area (Å²) in [7, 11) is 0. The third-order valence-corrected chi connectivity index (χ3v) is 2.46. The van der Waals surface area contributed by atoms with Crippen LogP contribution < -0.4 is 0 Å².